The summed E-state index contributed by atoms with van der Waals surface area (Å²) in [6.45, 7) is 3.51. The SMILES string of the molecule is CC(S)N(C)CCOc1ccc(/C(=C(/CCCl)c2ccccc2)c2ccccc2)cc1. The second-order valence-corrected chi connectivity index (χ2v) is 8.64. The maximum Gasteiger partial charge on any atom is 0.119 e. The van der Waals surface area contributed by atoms with Gasteiger partial charge in [-0.3, -0.25) is 4.90 Å². The number of hydrogen-bond donors (Lipinski definition) is 1. The summed E-state index contributed by atoms with van der Waals surface area (Å²) in [4.78, 5) is 2.14. The van der Waals surface area contributed by atoms with Gasteiger partial charge in [0.25, 0.3) is 0 Å². The predicted octanol–water partition coefficient (Wildman–Crippen LogP) is 6.86. The lowest BCUT2D eigenvalue weighted by Crippen LogP contribution is -2.29. The van der Waals surface area contributed by atoms with Crippen LogP contribution in [0.1, 0.15) is 30.0 Å². The van der Waals surface area contributed by atoms with Crippen molar-refractivity contribution in [3.05, 3.63) is 102 Å². The van der Waals surface area contributed by atoms with Crippen molar-refractivity contribution in [3.63, 3.8) is 0 Å². The van der Waals surface area contributed by atoms with Gasteiger partial charge < -0.3 is 4.74 Å². The summed E-state index contributed by atoms with van der Waals surface area (Å²) in [6.07, 6.45) is 0.794. The molecule has 0 aliphatic rings. The first-order chi connectivity index (χ1) is 15.1. The highest BCUT2D eigenvalue weighted by Crippen LogP contribution is 2.35. The van der Waals surface area contributed by atoms with Gasteiger partial charge in [-0.15, -0.1) is 11.6 Å². The molecule has 0 aromatic heterocycles. The standard InChI is InChI=1S/C27H30ClNOS/c1-21(31)29(2)19-20-30-25-15-13-24(14-16-25)27(23-11-7-4-8-12-23)26(17-18-28)22-9-5-3-6-10-22/h3-16,21,31H,17-20H2,1-2H3/b27-26-. The van der Waals surface area contributed by atoms with Crippen molar-refractivity contribution < 1.29 is 4.74 Å². The highest BCUT2D eigenvalue weighted by molar-refractivity contribution is 7.80. The van der Waals surface area contributed by atoms with Crippen LogP contribution in [0.25, 0.3) is 11.1 Å². The molecule has 3 aromatic rings. The Kier molecular flexibility index (Phi) is 9.08. The van der Waals surface area contributed by atoms with Crippen LogP contribution in [0.3, 0.4) is 0 Å². The van der Waals surface area contributed by atoms with Crippen LogP contribution < -0.4 is 4.74 Å². The van der Waals surface area contributed by atoms with E-state index >= 15 is 0 Å². The molecule has 0 saturated carbocycles. The number of alkyl halides is 1. The first-order valence-corrected chi connectivity index (χ1v) is 11.7. The van der Waals surface area contributed by atoms with E-state index in [1.807, 2.05) is 31.3 Å². The molecule has 0 spiro atoms. The number of benzene rings is 3. The van der Waals surface area contributed by atoms with Crippen LogP contribution >= 0.6 is 24.2 Å². The van der Waals surface area contributed by atoms with E-state index in [0.29, 0.717) is 12.5 Å². The highest BCUT2D eigenvalue weighted by Gasteiger charge is 2.14. The molecule has 0 aliphatic heterocycles. The minimum absolute atomic E-state index is 0.211. The van der Waals surface area contributed by atoms with E-state index in [4.69, 9.17) is 16.3 Å². The minimum atomic E-state index is 0.211. The molecule has 31 heavy (non-hydrogen) atoms. The summed E-state index contributed by atoms with van der Waals surface area (Å²) >= 11 is 10.7. The lowest BCUT2D eigenvalue weighted by atomic mass is 9.88. The fraction of sp³-hybridized carbons (Fsp3) is 0.259. The first kappa shape index (κ1) is 23.5. The molecule has 162 valence electrons. The molecule has 0 saturated heterocycles. The lowest BCUT2D eigenvalue weighted by molar-refractivity contribution is 0.234. The summed E-state index contributed by atoms with van der Waals surface area (Å²) in [6, 6.07) is 29.4. The van der Waals surface area contributed by atoms with Gasteiger partial charge >= 0.3 is 0 Å². The molecular formula is C27H30ClNOS. The molecule has 3 aromatic carbocycles. The van der Waals surface area contributed by atoms with E-state index in [1.165, 1.54) is 22.3 Å². The maximum absolute atomic E-state index is 6.23. The second kappa shape index (κ2) is 12.0. The zero-order valence-electron chi connectivity index (χ0n) is 18.2. The predicted molar refractivity (Wildman–Crippen MR) is 137 cm³/mol. The average Bonchev–Trinajstić information content (AvgIpc) is 2.81. The van der Waals surface area contributed by atoms with Crippen molar-refractivity contribution in [2.75, 3.05) is 26.1 Å². The van der Waals surface area contributed by atoms with Gasteiger partial charge in [0.1, 0.15) is 12.4 Å². The molecule has 3 rings (SSSR count). The van der Waals surface area contributed by atoms with Crippen LogP contribution in [0.4, 0.5) is 0 Å². The van der Waals surface area contributed by atoms with Crippen molar-refractivity contribution in [1.82, 2.24) is 4.90 Å². The summed E-state index contributed by atoms with van der Waals surface area (Å²) in [5, 5.41) is 0.211. The zero-order valence-corrected chi connectivity index (χ0v) is 19.8. The number of nitrogens with zero attached hydrogens (tertiary/aromatic N) is 1. The van der Waals surface area contributed by atoms with Gasteiger partial charge in [0.05, 0.1) is 0 Å². The van der Waals surface area contributed by atoms with E-state index in [0.717, 1.165) is 24.3 Å². The molecule has 0 amide bonds. The van der Waals surface area contributed by atoms with Crippen molar-refractivity contribution in [3.8, 4) is 5.75 Å². The van der Waals surface area contributed by atoms with E-state index in [9.17, 15) is 0 Å². The lowest BCUT2D eigenvalue weighted by Gasteiger charge is -2.20. The van der Waals surface area contributed by atoms with Gasteiger partial charge in [-0.1, -0.05) is 72.8 Å². The summed E-state index contributed by atoms with van der Waals surface area (Å²) in [5.74, 6) is 1.44. The number of likely N-dealkylation sites (N-methyl/N-ethyl adjacent to an activating group) is 1. The maximum atomic E-state index is 6.23. The van der Waals surface area contributed by atoms with Crippen molar-refractivity contribution >= 4 is 35.4 Å². The Morgan fingerprint density at radius 3 is 1.97 bits per heavy atom. The summed E-state index contributed by atoms with van der Waals surface area (Å²) in [5.41, 5.74) is 6.00. The van der Waals surface area contributed by atoms with Crippen LogP contribution in [0.15, 0.2) is 84.9 Å². The average molecular weight is 452 g/mol. The third kappa shape index (κ3) is 6.64. The fourth-order valence-corrected chi connectivity index (χ4v) is 3.78. The molecule has 0 heterocycles. The van der Waals surface area contributed by atoms with E-state index in [-0.39, 0.29) is 5.37 Å². The second-order valence-electron chi connectivity index (χ2n) is 7.51. The van der Waals surface area contributed by atoms with Crippen LogP contribution in [0, 0.1) is 0 Å². The Labute approximate surface area is 196 Å². The van der Waals surface area contributed by atoms with Gasteiger partial charge in [0.2, 0.25) is 0 Å². The number of hydrogen-bond acceptors (Lipinski definition) is 3. The van der Waals surface area contributed by atoms with Crippen LogP contribution in [0.2, 0.25) is 0 Å². The van der Waals surface area contributed by atoms with Gasteiger partial charge in [0, 0.05) is 17.8 Å². The summed E-state index contributed by atoms with van der Waals surface area (Å²) < 4.78 is 5.95. The van der Waals surface area contributed by atoms with Gasteiger partial charge in [-0.25, -0.2) is 0 Å². The van der Waals surface area contributed by atoms with Crippen LogP contribution in [-0.4, -0.2) is 36.4 Å². The minimum Gasteiger partial charge on any atom is -0.492 e. The summed E-state index contributed by atoms with van der Waals surface area (Å²) in [7, 11) is 2.04. The number of ether oxygens (including phenoxy) is 1. The number of halogens is 1. The molecule has 0 aliphatic carbocycles. The van der Waals surface area contributed by atoms with Crippen molar-refractivity contribution in [1.29, 1.82) is 0 Å². The van der Waals surface area contributed by atoms with Gasteiger partial charge in [-0.05, 0) is 60.4 Å². The zero-order chi connectivity index (χ0) is 22.1. The number of allylic oxidation sites excluding steroid dienone is 1. The largest absolute Gasteiger partial charge is 0.492 e. The number of rotatable bonds is 10. The third-order valence-corrected chi connectivity index (χ3v) is 5.91. The molecule has 0 fully saturated rings. The Hall–Kier alpha value is -2.20. The van der Waals surface area contributed by atoms with Crippen LogP contribution in [-0.2, 0) is 0 Å². The quantitative estimate of drug-likeness (QED) is 0.156. The topological polar surface area (TPSA) is 12.5 Å². The van der Waals surface area contributed by atoms with Crippen molar-refractivity contribution in [2.24, 2.45) is 0 Å². The molecule has 1 atom stereocenters. The van der Waals surface area contributed by atoms with E-state index in [1.54, 1.807) is 0 Å². The fourth-order valence-electron chi connectivity index (χ4n) is 3.48. The molecule has 0 radical (unpaired) electrons. The van der Waals surface area contributed by atoms with Crippen LogP contribution in [0.5, 0.6) is 5.75 Å². The Morgan fingerprint density at radius 1 is 0.871 bits per heavy atom. The molecule has 4 heteroatoms. The monoisotopic (exact) mass is 451 g/mol. The van der Waals surface area contributed by atoms with E-state index < -0.39 is 0 Å². The molecule has 2 nitrogen and oxygen atoms in total. The Morgan fingerprint density at radius 2 is 1.42 bits per heavy atom. The van der Waals surface area contributed by atoms with Gasteiger partial charge in [0.15, 0.2) is 0 Å². The normalized spacial score (nSPS) is 13.1. The first-order valence-electron chi connectivity index (χ1n) is 10.6. The number of thiol groups is 1. The highest BCUT2D eigenvalue weighted by atomic mass is 35.5. The third-order valence-electron chi connectivity index (χ3n) is 5.32. The molecule has 1 unspecified atom stereocenters. The van der Waals surface area contributed by atoms with E-state index in [2.05, 4.69) is 85.1 Å². The molecule has 0 bridgehead atoms. The molecule has 0 N–H and O–H groups in total. The molecular weight excluding hydrogens is 422 g/mol. The van der Waals surface area contributed by atoms with Gasteiger partial charge in [-0.2, -0.15) is 12.6 Å². The Balaban J connectivity index is 1.93. The van der Waals surface area contributed by atoms with Crippen molar-refractivity contribution in [2.45, 2.75) is 18.7 Å². The Bertz CT molecular complexity index is 956. The smallest absolute Gasteiger partial charge is 0.119 e.